The van der Waals surface area contributed by atoms with Crippen LogP contribution in [0.3, 0.4) is 0 Å². The summed E-state index contributed by atoms with van der Waals surface area (Å²) in [7, 11) is 1.70. The number of rotatable bonds is 6. The molecule has 24 heavy (non-hydrogen) atoms. The van der Waals surface area contributed by atoms with Crippen LogP contribution >= 0.6 is 11.3 Å². The molecule has 0 bridgehead atoms. The molecular weight excluding hydrogens is 322 g/mol. The van der Waals surface area contributed by atoms with Crippen molar-refractivity contribution in [3.05, 3.63) is 29.3 Å². The second-order valence-electron chi connectivity index (χ2n) is 6.16. The number of likely N-dealkylation sites (tertiary alicyclic amines) is 1. The van der Waals surface area contributed by atoms with E-state index in [2.05, 4.69) is 11.4 Å². The minimum atomic E-state index is 0.0383. The molecule has 0 aliphatic carbocycles. The number of urea groups is 1. The minimum absolute atomic E-state index is 0.0383. The van der Waals surface area contributed by atoms with Crippen LogP contribution in [0.5, 0.6) is 0 Å². The maximum absolute atomic E-state index is 12.6. The van der Waals surface area contributed by atoms with Crippen LogP contribution in [0, 0.1) is 0 Å². The summed E-state index contributed by atoms with van der Waals surface area (Å²) in [6, 6.07) is 8.33. The molecule has 2 heterocycles. The molecule has 2 amide bonds. The molecule has 0 spiro atoms. The zero-order chi connectivity index (χ0) is 16.8. The zero-order valence-corrected chi connectivity index (χ0v) is 15.0. The fourth-order valence-corrected chi connectivity index (χ4v) is 4.25. The minimum Gasteiger partial charge on any atom is -0.385 e. The van der Waals surface area contributed by atoms with Crippen molar-refractivity contribution in [2.75, 3.05) is 26.8 Å². The van der Waals surface area contributed by atoms with E-state index < -0.39 is 0 Å². The molecule has 0 radical (unpaired) electrons. The fraction of sp³-hybridized carbons (Fsp3) is 0.556. The summed E-state index contributed by atoms with van der Waals surface area (Å²) in [5.74, 6) is 0. The third kappa shape index (κ3) is 4.05. The number of ether oxygens (including phenoxy) is 1. The molecule has 1 saturated heterocycles. The number of fused-ring (bicyclic) bond motifs is 1. The van der Waals surface area contributed by atoms with Gasteiger partial charge in [-0.1, -0.05) is 12.1 Å². The van der Waals surface area contributed by atoms with Gasteiger partial charge in [-0.3, -0.25) is 0 Å². The Bertz CT molecular complexity index is 640. The number of nitrogens with one attached hydrogen (secondary N) is 1. The number of benzene rings is 1. The molecule has 6 heteroatoms. The molecule has 1 fully saturated rings. The van der Waals surface area contributed by atoms with E-state index in [-0.39, 0.29) is 12.1 Å². The number of unbranched alkanes of at least 4 members (excludes halogenated alkanes) is 1. The van der Waals surface area contributed by atoms with Crippen LogP contribution in [0.2, 0.25) is 0 Å². The molecule has 1 atom stereocenters. The van der Waals surface area contributed by atoms with Crippen LogP contribution < -0.4 is 5.32 Å². The summed E-state index contributed by atoms with van der Waals surface area (Å²) < 4.78 is 6.23. The first-order valence-corrected chi connectivity index (χ1v) is 9.50. The summed E-state index contributed by atoms with van der Waals surface area (Å²) in [4.78, 5) is 19.3. The summed E-state index contributed by atoms with van der Waals surface area (Å²) in [5, 5.41) is 4.11. The van der Waals surface area contributed by atoms with Crippen molar-refractivity contribution in [2.24, 2.45) is 0 Å². The highest BCUT2D eigenvalue weighted by atomic mass is 32.1. The van der Waals surface area contributed by atoms with Gasteiger partial charge in [-0.05, 0) is 44.2 Å². The van der Waals surface area contributed by atoms with Crippen molar-refractivity contribution in [1.82, 2.24) is 15.2 Å². The number of piperidine rings is 1. The first-order valence-electron chi connectivity index (χ1n) is 8.68. The zero-order valence-electron chi connectivity index (χ0n) is 14.2. The Morgan fingerprint density at radius 2 is 2.25 bits per heavy atom. The molecule has 1 aromatic heterocycles. The lowest BCUT2D eigenvalue weighted by Crippen LogP contribution is -2.44. The molecule has 0 unspecified atom stereocenters. The van der Waals surface area contributed by atoms with Gasteiger partial charge in [0, 0.05) is 26.8 Å². The first-order chi connectivity index (χ1) is 11.8. The molecule has 5 nitrogen and oxygen atoms in total. The molecule has 1 aliphatic heterocycles. The highest BCUT2D eigenvalue weighted by molar-refractivity contribution is 7.18. The van der Waals surface area contributed by atoms with Gasteiger partial charge in [-0.15, -0.1) is 11.3 Å². The lowest BCUT2D eigenvalue weighted by Gasteiger charge is -2.34. The summed E-state index contributed by atoms with van der Waals surface area (Å²) in [6.07, 6.45) is 5.13. The van der Waals surface area contributed by atoms with Crippen LogP contribution in [0.4, 0.5) is 4.79 Å². The van der Waals surface area contributed by atoms with Gasteiger partial charge in [0.1, 0.15) is 5.01 Å². The Labute approximate surface area is 147 Å². The third-order valence-electron chi connectivity index (χ3n) is 4.41. The average molecular weight is 347 g/mol. The van der Waals surface area contributed by atoms with Crippen molar-refractivity contribution in [3.8, 4) is 0 Å². The van der Waals surface area contributed by atoms with Crippen molar-refractivity contribution in [2.45, 2.75) is 38.1 Å². The van der Waals surface area contributed by atoms with E-state index in [0.717, 1.165) is 55.8 Å². The summed E-state index contributed by atoms with van der Waals surface area (Å²) in [6.45, 7) is 2.25. The van der Waals surface area contributed by atoms with E-state index in [9.17, 15) is 4.79 Å². The van der Waals surface area contributed by atoms with Gasteiger partial charge in [-0.25, -0.2) is 9.78 Å². The van der Waals surface area contributed by atoms with E-state index in [0.29, 0.717) is 6.54 Å². The number of aromatic nitrogens is 1. The van der Waals surface area contributed by atoms with Crippen molar-refractivity contribution >= 4 is 27.6 Å². The molecule has 3 rings (SSSR count). The number of methoxy groups -OCH3 is 1. The summed E-state index contributed by atoms with van der Waals surface area (Å²) >= 11 is 1.71. The highest BCUT2D eigenvalue weighted by Gasteiger charge is 2.30. The monoisotopic (exact) mass is 347 g/mol. The maximum Gasteiger partial charge on any atom is 0.317 e. The van der Waals surface area contributed by atoms with Crippen LogP contribution in [0.15, 0.2) is 24.3 Å². The normalized spacial score (nSPS) is 18.0. The third-order valence-corrected chi connectivity index (χ3v) is 5.55. The lowest BCUT2D eigenvalue weighted by atomic mass is 10.0. The Kier molecular flexibility index (Phi) is 6.04. The predicted octanol–water partition coefficient (Wildman–Crippen LogP) is 3.96. The highest BCUT2D eigenvalue weighted by Crippen LogP contribution is 2.35. The van der Waals surface area contributed by atoms with Gasteiger partial charge < -0.3 is 15.0 Å². The molecule has 1 aliphatic rings. The molecule has 1 N–H and O–H groups in total. The molecule has 130 valence electrons. The number of amides is 2. The van der Waals surface area contributed by atoms with Crippen LogP contribution in [0.25, 0.3) is 10.2 Å². The number of thiazole rings is 1. The lowest BCUT2D eigenvalue weighted by molar-refractivity contribution is 0.150. The van der Waals surface area contributed by atoms with Gasteiger partial charge in [0.05, 0.1) is 16.3 Å². The molecule has 0 saturated carbocycles. The maximum atomic E-state index is 12.6. The molecular formula is C18H25N3O2S. The van der Waals surface area contributed by atoms with Gasteiger partial charge in [-0.2, -0.15) is 0 Å². The second kappa shape index (κ2) is 8.44. The van der Waals surface area contributed by atoms with Gasteiger partial charge in [0.15, 0.2) is 0 Å². The molecule has 2 aromatic rings. The van der Waals surface area contributed by atoms with Crippen molar-refractivity contribution < 1.29 is 9.53 Å². The Morgan fingerprint density at radius 1 is 1.38 bits per heavy atom. The number of hydrogen-bond donors (Lipinski definition) is 1. The topological polar surface area (TPSA) is 54.5 Å². The number of carbonyl (C=O) groups is 1. The van der Waals surface area contributed by atoms with Crippen LogP contribution in [-0.4, -0.2) is 42.7 Å². The largest absolute Gasteiger partial charge is 0.385 e. The summed E-state index contributed by atoms with van der Waals surface area (Å²) in [5.41, 5.74) is 1.03. The van der Waals surface area contributed by atoms with Gasteiger partial charge in [0.2, 0.25) is 0 Å². The quantitative estimate of drug-likeness (QED) is 0.805. The number of carbonyl (C=O) groups excluding carboxylic acids is 1. The van der Waals surface area contributed by atoms with Gasteiger partial charge >= 0.3 is 6.03 Å². The first kappa shape index (κ1) is 17.2. The van der Waals surface area contributed by atoms with E-state index in [1.54, 1.807) is 18.4 Å². The van der Waals surface area contributed by atoms with E-state index in [4.69, 9.17) is 9.72 Å². The van der Waals surface area contributed by atoms with Crippen molar-refractivity contribution in [3.63, 3.8) is 0 Å². The molecule has 1 aromatic carbocycles. The van der Waals surface area contributed by atoms with Crippen LogP contribution in [0.1, 0.15) is 43.2 Å². The van der Waals surface area contributed by atoms with Crippen molar-refractivity contribution in [1.29, 1.82) is 0 Å². The smallest absolute Gasteiger partial charge is 0.317 e. The second-order valence-corrected chi connectivity index (χ2v) is 7.22. The fourth-order valence-electron chi connectivity index (χ4n) is 3.13. The standard InChI is InChI=1S/C18H25N3O2S/c1-23-13-7-5-11-19-18(22)21-12-6-4-9-15(21)17-20-14-8-2-3-10-16(14)24-17/h2-3,8,10,15H,4-7,9,11-13H2,1H3,(H,19,22)/t15-/m0/s1. The van der Waals surface area contributed by atoms with E-state index >= 15 is 0 Å². The predicted molar refractivity (Wildman–Crippen MR) is 97.4 cm³/mol. The van der Waals surface area contributed by atoms with E-state index in [1.807, 2.05) is 23.1 Å². The van der Waals surface area contributed by atoms with E-state index in [1.165, 1.54) is 4.70 Å². The number of hydrogen-bond acceptors (Lipinski definition) is 4. The van der Waals surface area contributed by atoms with Gasteiger partial charge in [0.25, 0.3) is 0 Å². The SMILES string of the molecule is COCCCCNC(=O)N1CCCC[C@H]1c1nc2ccccc2s1. The Balaban J connectivity index is 1.65. The Hall–Kier alpha value is -1.66. The number of para-hydroxylation sites is 1. The van der Waals surface area contributed by atoms with Crippen LogP contribution in [-0.2, 0) is 4.74 Å². The Morgan fingerprint density at radius 3 is 3.08 bits per heavy atom. The average Bonchev–Trinajstić information content (AvgIpc) is 3.05. The number of nitrogens with zero attached hydrogens (tertiary/aromatic N) is 2.